The maximum absolute atomic E-state index is 13.8. The second-order valence-corrected chi connectivity index (χ2v) is 4.11. The Morgan fingerprint density at radius 3 is 2.72 bits per heavy atom. The Kier molecular flexibility index (Phi) is 3.38. The van der Waals surface area contributed by atoms with Crippen LogP contribution in [-0.4, -0.2) is 19.9 Å². The van der Waals surface area contributed by atoms with Crippen LogP contribution in [-0.2, 0) is 13.5 Å². The Labute approximate surface area is 103 Å². The van der Waals surface area contributed by atoms with Crippen LogP contribution < -0.4 is 0 Å². The number of aryl methyl sites for hydroxylation is 2. The monoisotopic (exact) mass is 253 g/mol. The van der Waals surface area contributed by atoms with Crippen molar-refractivity contribution in [2.24, 2.45) is 7.05 Å². The molecular weight excluding hydrogens is 240 g/mol. The fourth-order valence-electron chi connectivity index (χ4n) is 1.76. The summed E-state index contributed by atoms with van der Waals surface area (Å²) >= 11 is 0. The van der Waals surface area contributed by atoms with Gasteiger partial charge in [0, 0.05) is 13.5 Å². The number of hydrogen-bond donors (Lipinski definition) is 1. The molecule has 18 heavy (non-hydrogen) atoms. The lowest BCUT2D eigenvalue weighted by Gasteiger charge is -2.13. The normalized spacial score (nSPS) is 12.7. The highest BCUT2D eigenvalue weighted by atomic mass is 19.1. The molecule has 0 spiro atoms. The van der Waals surface area contributed by atoms with E-state index in [2.05, 4.69) is 10.1 Å². The fraction of sp³-hybridized carbons (Fsp3) is 0.333. The van der Waals surface area contributed by atoms with Crippen molar-refractivity contribution in [1.29, 1.82) is 0 Å². The molecule has 1 heterocycles. The van der Waals surface area contributed by atoms with Crippen molar-refractivity contribution in [1.82, 2.24) is 14.8 Å². The molecule has 96 valence electrons. The number of nitrogens with zero attached hydrogens (tertiary/aromatic N) is 3. The number of halogens is 2. The molecule has 0 radical (unpaired) electrons. The van der Waals surface area contributed by atoms with Gasteiger partial charge in [0.1, 0.15) is 23.8 Å². The van der Waals surface area contributed by atoms with E-state index in [9.17, 15) is 13.9 Å². The molecule has 1 atom stereocenters. The molecule has 4 nitrogen and oxygen atoms in total. The van der Waals surface area contributed by atoms with E-state index in [1.807, 2.05) is 0 Å². The lowest BCUT2D eigenvalue weighted by Crippen LogP contribution is -2.11. The van der Waals surface area contributed by atoms with Gasteiger partial charge in [-0.25, -0.2) is 13.8 Å². The minimum Gasteiger partial charge on any atom is -0.388 e. The van der Waals surface area contributed by atoms with E-state index in [1.165, 1.54) is 24.0 Å². The molecule has 0 fully saturated rings. The van der Waals surface area contributed by atoms with Gasteiger partial charge < -0.3 is 5.11 Å². The standard InChI is InChI=1S/C12H13F2N3O/c1-7-3-4-8(13)11(12(7)14)9(18)5-10-15-6-16-17(10)2/h3-4,6,9,18H,5H2,1-2H3. The third-order valence-electron chi connectivity index (χ3n) is 2.83. The topological polar surface area (TPSA) is 50.9 Å². The van der Waals surface area contributed by atoms with Gasteiger partial charge in [-0.1, -0.05) is 6.07 Å². The molecule has 0 saturated carbocycles. The first-order valence-corrected chi connectivity index (χ1v) is 5.46. The van der Waals surface area contributed by atoms with Crippen molar-refractivity contribution in [3.05, 3.63) is 47.0 Å². The van der Waals surface area contributed by atoms with Crippen molar-refractivity contribution >= 4 is 0 Å². The van der Waals surface area contributed by atoms with Gasteiger partial charge in [-0.2, -0.15) is 5.10 Å². The van der Waals surface area contributed by atoms with E-state index < -0.39 is 17.7 Å². The molecule has 2 aromatic rings. The Hall–Kier alpha value is -1.82. The molecule has 0 aliphatic carbocycles. The Bertz CT molecular complexity index is 568. The van der Waals surface area contributed by atoms with E-state index in [0.29, 0.717) is 11.4 Å². The maximum Gasteiger partial charge on any atom is 0.138 e. The Morgan fingerprint density at radius 2 is 2.11 bits per heavy atom. The van der Waals surface area contributed by atoms with Crippen LogP contribution in [0, 0.1) is 18.6 Å². The summed E-state index contributed by atoms with van der Waals surface area (Å²) in [5, 5.41) is 13.8. The summed E-state index contributed by atoms with van der Waals surface area (Å²) in [5.74, 6) is -1.01. The lowest BCUT2D eigenvalue weighted by molar-refractivity contribution is 0.164. The number of rotatable bonds is 3. The second kappa shape index (κ2) is 4.81. The molecule has 0 aliphatic rings. The average molecular weight is 253 g/mol. The molecule has 1 N–H and O–H groups in total. The van der Waals surface area contributed by atoms with Crippen LogP contribution in [0.25, 0.3) is 0 Å². The quantitative estimate of drug-likeness (QED) is 0.905. The van der Waals surface area contributed by atoms with Gasteiger partial charge >= 0.3 is 0 Å². The SMILES string of the molecule is Cc1ccc(F)c(C(O)Cc2ncnn2C)c1F. The molecule has 0 amide bonds. The number of aromatic nitrogens is 3. The van der Waals surface area contributed by atoms with Crippen molar-refractivity contribution in [3.8, 4) is 0 Å². The molecular formula is C12H13F2N3O. The summed E-state index contributed by atoms with van der Waals surface area (Å²) in [4.78, 5) is 3.91. The van der Waals surface area contributed by atoms with Crippen LogP contribution in [0.15, 0.2) is 18.5 Å². The highest BCUT2D eigenvalue weighted by Gasteiger charge is 2.21. The summed E-state index contributed by atoms with van der Waals surface area (Å²) in [6.07, 6.45) is 0.0477. The summed E-state index contributed by atoms with van der Waals surface area (Å²) in [7, 11) is 1.65. The summed E-state index contributed by atoms with van der Waals surface area (Å²) in [6.45, 7) is 1.52. The average Bonchev–Trinajstić information content (AvgIpc) is 2.70. The van der Waals surface area contributed by atoms with Crippen LogP contribution in [0.3, 0.4) is 0 Å². The molecule has 6 heteroatoms. The molecule has 0 bridgehead atoms. The third kappa shape index (κ3) is 2.24. The molecule has 1 aromatic carbocycles. The smallest absolute Gasteiger partial charge is 0.138 e. The first-order chi connectivity index (χ1) is 8.50. The predicted molar refractivity (Wildman–Crippen MR) is 60.8 cm³/mol. The zero-order chi connectivity index (χ0) is 13.3. The van der Waals surface area contributed by atoms with Crippen LogP contribution >= 0.6 is 0 Å². The van der Waals surface area contributed by atoms with Gasteiger partial charge in [-0.3, -0.25) is 4.68 Å². The fourth-order valence-corrected chi connectivity index (χ4v) is 1.76. The largest absolute Gasteiger partial charge is 0.388 e. The highest BCUT2D eigenvalue weighted by Crippen LogP contribution is 2.25. The number of benzene rings is 1. The molecule has 0 aliphatic heterocycles. The van der Waals surface area contributed by atoms with Gasteiger partial charge in [0.15, 0.2) is 0 Å². The summed E-state index contributed by atoms with van der Waals surface area (Å²) in [6, 6.07) is 2.48. The Morgan fingerprint density at radius 1 is 1.39 bits per heavy atom. The molecule has 0 saturated heterocycles. The number of aliphatic hydroxyl groups is 1. The summed E-state index contributed by atoms with van der Waals surface area (Å²) in [5.41, 5.74) is -0.0265. The predicted octanol–water partition coefficient (Wildman–Crippen LogP) is 1.68. The van der Waals surface area contributed by atoms with E-state index >= 15 is 0 Å². The van der Waals surface area contributed by atoms with Gasteiger partial charge in [-0.15, -0.1) is 0 Å². The lowest BCUT2D eigenvalue weighted by atomic mass is 10.0. The van der Waals surface area contributed by atoms with Crippen molar-refractivity contribution in [2.45, 2.75) is 19.4 Å². The second-order valence-electron chi connectivity index (χ2n) is 4.11. The first kappa shape index (κ1) is 12.6. The first-order valence-electron chi connectivity index (χ1n) is 5.46. The Balaban J connectivity index is 2.32. The van der Waals surface area contributed by atoms with Gasteiger partial charge in [0.2, 0.25) is 0 Å². The van der Waals surface area contributed by atoms with Crippen LogP contribution in [0.1, 0.15) is 23.1 Å². The number of aliphatic hydroxyl groups excluding tert-OH is 1. The number of hydrogen-bond acceptors (Lipinski definition) is 3. The van der Waals surface area contributed by atoms with E-state index in [-0.39, 0.29) is 12.0 Å². The van der Waals surface area contributed by atoms with Crippen molar-refractivity contribution < 1.29 is 13.9 Å². The van der Waals surface area contributed by atoms with Crippen LogP contribution in [0.2, 0.25) is 0 Å². The maximum atomic E-state index is 13.8. The van der Waals surface area contributed by atoms with Gasteiger partial charge in [-0.05, 0) is 18.6 Å². The minimum atomic E-state index is -1.28. The minimum absolute atomic E-state index is 0.00773. The third-order valence-corrected chi connectivity index (χ3v) is 2.83. The van der Waals surface area contributed by atoms with E-state index in [0.717, 1.165) is 6.07 Å². The van der Waals surface area contributed by atoms with E-state index in [1.54, 1.807) is 7.05 Å². The zero-order valence-electron chi connectivity index (χ0n) is 10.1. The summed E-state index contributed by atoms with van der Waals surface area (Å²) < 4.78 is 28.8. The molecule has 1 aromatic heterocycles. The zero-order valence-corrected chi connectivity index (χ0v) is 10.1. The van der Waals surface area contributed by atoms with Crippen LogP contribution in [0.4, 0.5) is 8.78 Å². The van der Waals surface area contributed by atoms with E-state index in [4.69, 9.17) is 0 Å². The van der Waals surface area contributed by atoms with Gasteiger partial charge in [0.25, 0.3) is 0 Å². The molecule has 1 unspecified atom stereocenters. The van der Waals surface area contributed by atoms with Crippen LogP contribution in [0.5, 0.6) is 0 Å². The highest BCUT2D eigenvalue weighted by molar-refractivity contribution is 5.28. The molecule has 2 rings (SSSR count). The van der Waals surface area contributed by atoms with Crippen molar-refractivity contribution in [3.63, 3.8) is 0 Å². The van der Waals surface area contributed by atoms with Crippen molar-refractivity contribution in [2.75, 3.05) is 0 Å². The van der Waals surface area contributed by atoms with Gasteiger partial charge in [0.05, 0.1) is 11.7 Å².